The van der Waals surface area contributed by atoms with Crippen LogP contribution in [0.25, 0.3) is 21.5 Å². The molecule has 0 spiro atoms. The Morgan fingerprint density at radius 2 is 0.760 bits per heavy atom. The molecule has 246 valence electrons. The number of esters is 2. The number of fused-ring (bicyclic) bond motifs is 2. The van der Waals surface area contributed by atoms with Gasteiger partial charge in [-0.05, 0) is 98.4 Å². The fraction of sp³-hybridized carbons (Fsp3) is 0.0909. The number of carbonyl (C=O) groups is 2. The first-order chi connectivity index (χ1) is 24.6. The molecule has 6 nitrogen and oxygen atoms in total. The van der Waals surface area contributed by atoms with Gasteiger partial charge in [0.15, 0.2) is 0 Å². The highest BCUT2D eigenvalue weighted by molar-refractivity contribution is 5.96. The molecule has 0 fully saturated rings. The topological polar surface area (TPSA) is 71.1 Å². The summed E-state index contributed by atoms with van der Waals surface area (Å²) in [5, 5.41) is 3.81. The summed E-state index contributed by atoms with van der Waals surface area (Å²) in [5.41, 5.74) is 4.96. The molecular formula is C44H34O6. The lowest BCUT2D eigenvalue weighted by Gasteiger charge is -2.11. The van der Waals surface area contributed by atoms with Crippen LogP contribution in [0.1, 0.15) is 43.0 Å². The van der Waals surface area contributed by atoms with Gasteiger partial charge in [0.05, 0.1) is 11.1 Å². The number of carbonyl (C=O) groups excluding carboxylic acids is 2. The van der Waals surface area contributed by atoms with Gasteiger partial charge in [0, 0.05) is 0 Å². The fourth-order valence-corrected chi connectivity index (χ4v) is 5.64. The molecule has 0 saturated carbocycles. The summed E-state index contributed by atoms with van der Waals surface area (Å²) >= 11 is 0. The molecule has 0 bridgehead atoms. The van der Waals surface area contributed by atoms with Gasteiger partial charge in [-0.2, -0.15) is 0 Å². The maximum Gasteiger partial charge on any atom is 0.338 e. The zero-order valence-electron chi connectivity index (χ0n) is 27.3. The lowest BCUT2D eigenvalue weighted by atomic mass is 10.1. The first-order valence-electron chi connectivity index (χ1n) is 16.4. The first kappa shape index (κ1) is 32.2. The minimum Gasteiger partial charge on any atom is -0.489 e. The van der Waals surface area contributed by atoms with Crippen molar-refractivity contribution < 1.29 is 28.5 Å². The summed E-state index contributed by atoms with van der Waals surface area (Å²) < 4.78 is 23.2. The number of hydrogen-bond donors (Lipinski definition) is 0. The zero-order chi connectivity index (χ0) is 34.1. The van der Waals surface area contributed by atoms with Gasteiger partial charge in [-0.25, -0.2) is 9.59 Å². The van der Waals surface area contributed by atoms with Gasteiger partial charge >= 0.3 is 11.9 Å². The standard InChI is InChI=1S/C44H34O6/c45-43(49-27-31-8-3-1-4-9-31)39-16-14-37-25-41(20-18-35(37)23-39)47-29-33-12-7-13-34(22-33)30-48-42-21-19-36-24-40(17-15-38(36)26-42)44(46)50-28-32-10-5-2-6-11-32/h1-26H,27-30H2. The molecule has 0 aliphatic rings. The second kappa shape index (κ2) is 15.2. The van der Waals surface area contributed by atoms with E-state index in [9.17, 15) is 9.59 Å². The number of hydrogen-bond acceptors (Lipinski definition) is 6. The summed E-state index contributed by atoms with van der Waals surface area (Å²) in [6, 6.07) is 50.1. The zero-order valence-corrected chi connectivity index (χ0v) is 27.3. The Labute approximate surface area is 290 Å². The normalized spacial score (nSPS) is 10.9. The van der Waals surface area contributed by atoms with Crippen LogP contribution in [0, 0.1) is 0 Å². The van der Waals surface area contributed by atoms with E-state index in [0.29, 0.717) is 24.3 Å². The van der Waals surface area contributed by atoms with Crippen LogP contribution < -0.4 is 9.47 Å². The van der Waals surface area contributed by atoms with Gasteiger partial charge in [0.2, 0.25) is 0 Å². The number of ether oxygens (including phenoxy) is 4. The van der Waals surface area contributed by atoms with Crippen LogP contribution in [0.4, 0.5) is 0 Å². The molecule has 0 aliphatic carbocycles. The van der Waals surface area contributed by atoms with Gasteiger partial charge in [-0.3, -0.25) is 0 Å². The van der Waals surface area contributed by atoms with Crippen molar-refractivity contribution in [2.45, 2.75) is 26.4 Å². The summed E-state index contributed by atoms with van der Waals surface area (Å²) in [6.45, 7) is 1.27. The Kier molecular flexibility index (Phi) is 9.79. The molecule has 6 heteroatoms. The average molecular weight is 659 g/mol. The van der Waals surface area contributed by atoms with Crippen molar-refractivity contribution in [2.24, 2.45) is 0 Å². The van der Waals surface area contributed by atoms with Crippen LogP contribution in [0.3, 0.4) is 0 Å². The highest BCUT2D eigenvalue weighted by Gasteiger charge is 2.11. The second-order valence-corrected chi connectivity index (χ2v) is 12.0. The third-order valence-electron chi connectivity index (χ3n) is 8.32. The van der Waals surface area contributed by atoms with Crippen molar-refractivity contribution in [3.05, 3.63) is 191 Å². The molecule has 7 rings (SSSR count). The van der Waals surface area contributed by atoms with Crippen molar-refractivity contribution in [3.8, 4) is 11.5 Å². The highest BCUT2D eigenvalue weighted by atomic mass is 16.5. The molecule has 0 heterocycles. The highest BCUT2D eigenvalue weighted by Crippen LogP contribution is 2.25. The minimum absolute atomic E-state index is 0.235. The molecule has 50 heavy (non-hydrogen) atoms. The van der Waals surface area contributed by atoms with E-state index in [-0.39, 0.29) is 25.2 Å². The fourth-order valence-electron chi connectivity index (χ4n) is 5.64. The Morgan fingerprint density at radius 3 is 1.22 bits per heavy atom. The average Bonchev–Trinajstić information content (AvgIpc) is 3.17. The Morgan fingerprint density at radius 1 is 0.360 bits per heavy atom. The summed E-state index contributed by atoms with van der Waals surface area (Å²) in [7, 11) is 0. The first-order valence-corrected chi connectivity index (χ1v) is 16.4. The van der Waals surface area contributed by atoms with Crippen molar-refractivity contribution in [3.63, 3.8) is 0 Å². The lowest BCUT2D eigenvalue weighted by Crippen LogP contribution is -2.05. The van der Waals surface area contributed by atoms with E-state index in [4.69, 9.17) is 18.9 Å². The molecule has 0 aromatic heterocycles. The van der Waals surface area contributed by atoms with E-state index in [0.717, 1.165) is 55.3 Å². The molecule has 0 aliphatic heterocycles. The van der Waals surface area contributed by atoms with Crippen LogP contribution in [-0.2, 0) is 35.9 Å². The minimum atomic E-state index is -0.354. The van der Waals surface area contributed by atoms with Crippen LogP contribution in [-0.4, -0.2) is 11.9 Å². The maximum atomic E-state index is 12.6. The third kappa shape index (κ3) is 8.17. The van der Waals surface area contributed by atoms with Crippen molar-refractivity contribution in [1.29, 1.82) is 0 Å². The Hall–Kier alpha value is -6.40. The molecule has 7 aromatic rings. The van der Waals surface area contributed by atoms with Gasteiger partial charge in [0.1, 0.15) is 37.9 Å². The van der Waals surface area contributed by atoms with Crippen LogP contribution in [0.2, 0.25) is 0 Å². The van der Waals surface area contributed by atoms with Crippen molar-refractivity contribution in [2.75, 3.05) is 0 Å². The van der Waals surface area contributed by atoms with Crippen molar-refractivity contribution >= 4 is 33.5 Å². The molecule has 0 saturated heterocycles. The number of rotatable bonds is 12. The van der Waals surface area contributed by atoms with Crippen molar-refractivity contribution in [1.82, 2.24) is 0 Å². The van der Waals surface area contributed by atoms with Gasteiger partial charge in [0.25, 0.3) is 0 Å². The predicted molar refractivity (Wildman–Crippen MR) is 194 cm³/mol. The molecule has 0 N–H and O–H groups in total. The largest absolute Gasteiger partial charge is 0.489 e. The monoisotopic (exact) mass is 658 g/mol. The molecule has 7 aromatic carbocycles. The second-order valence-electron chi connectivity index (χ2n) is 12.0. The molecule has 0 unspecified atom stereocenters. The van der Waals surface area contributed by atoms with Crippen LogP contribution in [0.15, 0.2) is 158 Å². The van der Waals surface area contributed by atoms with Gasteiger partial charge in [-0.15, -0.1) is 0 Å². The SMILES string of the molecule is O=C(OCc1ccccc1)c1ccc2cc(OCc3cccc(COc4ccc5cc(C(=O)OCc6ccccc6)ccc5c4)c3)ccc2c1. The summed E-state index contributed by atoms with van der Waals surface area (Å²) in [6.07, 6.45) is 0. The third-order valence-corrected chi connectivity index (χ3v) is 8.32. The van der Waals surface area contributed by atoms with E-state index in [1.54, 1.807) is 12.1 Å². The molecule has 0 atom stereocenters. The summed E-state index contributed by atoms with van der Waals surface area (Å²) in [5.74, 6) is 0.769. The van der Waals surface area contributed by atoms with Crippen LogP contribution in [0.5, 0.6) is 11.5 Å². The van der Waals surface area contributed by atoms with E-state index in [1.807, 2.05) is 140 Å². The van der Waals surface area contributed by atoms with Gasteiger partial charge < -0.3 is 18.9 Å². The predicted octanol–water partition coefficient (Wildman–Crippen LogP) is 9.86. The van der Waals surface area contributed by atoms with Gasteiger partial charge in [-0.1, -0.05) is 103 Å². The Bertz CT molecular complexity index is 2100. The van der Waals surface area contributed by atoms with Crippen LogP contribution >= 0.6 is 0 Å². The molecular weight excluding hydrogens is 624 g/mol. The van der Waals surface area contributed by atoms with E-state index in [1.165, 1.54) is 0 Å². The van der Waals surface area contributed by atoms with E-state index >= 15 is 0 Å². The molecule has 0 amide bonds. The summed E-state index contributed by atoms with van der Waals surface area (Å²) in [4.78, 5) is 25.2. The maximum absolute atomic E-state index is 12.6. The number of benzene rings is 7. The molecule has 0 radical (unpaired) electrons. The lowest BCUT2D eigenvalue weighted by molar-refractivity contribution is 0.0464. The quantitative estimate of drug-likeness (QED) is 0.122. The van der Waals surface area contributed by atoms with E-state index < -0.39 is 0 Å². The smallest absolute Gasteiger partial charge is 0.338 e. The Balaban J connectivity index is 0.918. The van der Waals surface area contributed by atoms with E-state index in [2.05, 4.69) is 6.07 Å².